The number of carbonyl (C=O) groups is 3. The quantitative estimate of drug-likeness (QED) is 0.410. The minimum atomic E-state index is -1.22. The van der Waals surface area contributed by atoms with Crippen LogP contribution in [0.1, 0.15) is 27.8 Å². The van der Waals surface area contributed by atoms with Gasteiger partial charge in [-0.3, -0.25) is 9.59 Å². The van der Waals surface area contributed by atoms with Gasteiger partial charge in [-0.2, -0.15) is 0 Å². The summed E-state index contributed by atoms with van der Waals surface area (Å²) in [5.41, 5.74) is 1.15. The van der Waals surface area contributed by atoms with Crippen molar-refractivity contribution in [3.63, 3.8) is 0 Å². The summed E-state index contributed by atoms with van der Waals surface area (Å²) >= 11 is 0. The molecule has 2 N–H and O–H groups in total. The minimum absolute atomic E-state index is 0.00566. The van der Waals surface area contributed by atoms with Crippen LogP contribution in [0.25, 0.3) is 21.9 Å². The molecular weight excluding hydrogens is 448 g/mol. The second kappa shape index (κ2) is 9.64. The molecule has 0 radical (unpaired) electrons. The Morgan fingerprint density at radius 2 is 1.57 bits per heavy atom. The Labute approximate surface area is 200 Å². The molecule has 0 spiro atoms. The van der Waals surface area contributed by atoms with Gasteiger partial charge in [0.1, 0.15) is 5.69 Å². The fourth-order valence-corrected chi connectivity index (χ4v) is 3.84. The van der Waals surface area contributed by atoms with E-state index >= 15 is 0 Å². The Balaban J connectivity index is 1.69. The molecule has 0 fully saturated rings. The highest BCUT2D eigenvalue weighted by Gasteiger charge is 2.26. The van der Waals surface area contributed by atoms with Crippen LogP contribution in [0.2, 0.25) is 0 Å². The highest BCUT2D eigenvalue weighted by Crippen LogP contribution is 2.31. The summed E-state index contributed by atoms with van der Waals surface area (Å²) in [6, 6.07) is 21.9. The number of benzene rings is 3. The molecule has 1 heterocycles. The molecule has 0 saturated heterocycles. The maximum Gasteiger partial charge on any atom is 0.356 e. The summed E-state index contributed by atoms with van der Waals surface area (Å²) in [5, 5.41) is 12.7. The second-order valence-electron chi connectivity index (χ2n) is 7.92. The van der Waals surface area contributed by atoms with Gasteiger partial charge in [0.25, 0.3) is 11.5 Å². The van der Waals surface area contributed by atoms with Crippen LogP contribution in [0.4, 0.5) is 5.69 Å². The maximum atomic E-state index is 13.3. The standard InChI is InChI=1S/C27H22N2O6/c1-16(24(30)28-19-12-8-11-18(15-19)26(32)33)35-27(34)23-22(17-9-4-3-5-10-17)20-13-6-7-14-21(20)25(31)29(23)2/h3-16H,1-2H3,(H,28,30)(H,32,33). The summed E-state index contributed by atoms with van der Waals surface area (Å²) in [7, 11) is 1.49. The van der Waals surface area contributed by atoms with E-state index in [1.54, 1.807) is 24.3 Å². The van der Waals surface area contributed by atoms with Crippen LogP contribution in [0, 0.1) is 0 Å². The number of fused-ring (bicyclic) bond motifs is 1. The smallest absolute Gasteiger partial charge is 0.356 e. The van der Waals surface area contributed by atoms with Crippen LogP contribution in [-0.2, 0) is 16.6 Å². The molecule has 176 valence electrons. The van der Waals surface area contributed by atoms with E-state index in [1.165, 1.54) is 42.8 Å². The number of rotatable bonds is 6. The van der Waals surface area contributed by atoms with Crippen LogP contribution in [0.5, 0.6) is 0 Å². The first-order valence-corrected chi connectivity index (χ1v) is 10.8. The van der Waals surface area contributed by atoms with Gasteiger partial charge < -0.3 is 19.7 Å². The number of nitrogens with one attached hydrogen (secondary N) is 1. The number of nitrogens with zero attached hydrogens (tertiary/aromatic N) is 1. The summed E-state index contributed by atoms with van der Waals surface area (Å²) in [6.45, 7) is 1.40. The topological polar surface area (TPSA) is 115 Å². The van der Waals surface area contributed by atoms with E-state index in [4.69, 9.17) is 9.84 Å². The number of ether oxygens (including phenoxy) is 1. The highest BCUT2D eigenvalue weighted by molar-refractivity contribution is 6.07. The van der Waals surface area contributed by atoms with Gasteiger partial charge in [0, 0.05) is 23.7 Å². The molecule has 4 aromatic rings. The van der Waals surface area contributed by atoms with E-state index in [9.17, 15) is 19.2 Å². The first-order valence-electron chi connectivity index (χ1n) is 10.8. The predicted octanol–water partition coefficient (Wildman–Crippen LogP) is 4.09. The van der Waals surface area contributed by atoms with Crippen LogP contribution < -0.4 is 10.9 Å². The number of carbonyl (C=O) groups excluding carboxylic acids is 2. The molecule has 8 heteroatoms. The lowest BCUT2D eigenvalue weighted by atomic mass is 9.97. The fraction of sp³-hybridized carbons (Fsp3) is 0.111. The lowest BCUT2D eigenvalue weighted by molar-refractivity contribution is -0.123. The molecule has 0 aliphatic heterocycles. The normalized spacial score (nSPS) is 11.6. The van der Waals surface area contributed by atoms with Crippen molar-refractivity contribution in [3.8, 4) is 11.1 Å². The van der Waals surface area contributed by atoms with E-state index in [-0.39, 0.29) is 22.5 Å². The average molecular weight is 470 g/mol. The zero-order chi connectivity index (χ0) is 25.1. The third-order valence-electron chi connectivity index (χ3n) is 5.59. The first-order chi connectivity index (χ1) is 16.8. The first kappa shape index (κ1) is 23.4. The fourth-order valence-electron chi connectivity index (χ4n) is 3.84. The van der Waals surface area contributed by atoms with Gasteiger partial charge in [0.2, 0.25) is 0 Å². The SMILES string of the molecule is CC(OC(=O)c1c(-c2ccccc2)c2ccccc2c(=O)n1C)C(=O)Nc1cccc(C(=O)O)c1. The van der Waals surface area contributed by atoms with Crippen molar-refractivity contribution in [1.82, 2.24) is 4.57 Å². The number of hydrogen-bond acceptors (Lipinski definition) is 5. The van der Waals surface area contributed by atoms with Crippen molar-refractivity contribution >= 4 is 34.3 Å². The number of amides is 1. The van der Waals surface area contributed by atoms with Crippen LogP contribution in [0.15, 0.2) is 83.7 Å². The lowest BCUT2D eigenvalue weighted by Crippen LogP contribution is -2.33. The third-order valence-corrected chi connectivity index (χ3v) is 5.59. The number of carboxylic acid groups (broad SMARTS) is 1. The average Bonchev–Trinajstić information content (AvgIpc) is 2.86. The van der Waals surface area contributed by atoms with E-state index in [0.717, 1.165) is 0 Å². The zero-order valence-electron chi connectivity index (χ0n) is 19.0. The lowest BCUT2D eigenvalue weighted by Gasteiger charge is -2.19. The van der Waals surface area contributed by atoms with Crippen molar-refractivity contribution in [3.05, 3.63) is 100 Å². The number of carboxylic acids is 1. The molecule has 0 aliphatic rings. The number of aromatic nitrogens is 1. The summed E-state index contributed by atoms with van der Waals surface area (Å²) < 4.78 is 6.70. The molecule has 1 atom stereocenters. The van der Waals surface area contributed by atoms with Crippen molar-refractivity contribution in [2.45, 2.75) is 13.0 Å². The third kappa shape index (κ3) is 4.67. The van der Waals surface area contributed by atoms with Crippen LogP contribution in [-0.4, -0.2) is 33.6 Å². The monoisotopic (exact) mass is 470 g/mol. The number of hydrogen-bond donors (Lipinski definition) is 2. The molecule has 4 rings (SSSR count). The number of pyridine rings is 1. The van der Waals surface area contributed by atoms with Crippen molar-refractivity contribution in [2.75, 3.05) is 5.32 Å². The summed E-state index contributed by atoms with van der Waals surface area (Å²) in [5.74, 6) is -2.62. The van der Waals surface area contributed by atoms with Gasteiger partial charge in [0.15, 0.2) is 6.10 Å². The molecule has 1 amide bonds. The highest BCUT2D eigenvalue weighted by atomic mass is 16.5. The van der Waals surface area contributed by atoms with Crippen molar-refractivity contribution in [1.29, 1.82) is 0 Å². The van der Waals surface area contributed by atoms with Crippen LogP contribution in [0.3, 0.4) is 0 Å². The Bertz CT molecular complexity index is 1510. The molecule has 0 bridgehead atoms. The van der Waals surface area contributed by atoms with Crippen LogP contribution >= 0.6 is 0 Å². The maximum absolute atomic E-state index is 13.3. The molecule has 0 saturated carbocycles. The number of esters is 1. The van der Waals surface area contributed by atoms with E-state index in [0.29, 0.717) is 21.9 Å². The minimum Gasteiger partial charge on any atom is -0.478 e. The number of anilines is 1. The number of aromatic carboxylic acids is 1. The van der Waals surface area contributed by atoms with Gasteiger partial charge >= 0.3 is 11.9 Å². The second-order valence-corrected chi connectivity index (χ2v) is 7.92. The summed E-state index contributed by atoms with van der Waals surface area (Å²) in [4.78, 5) is 50.2. The van der Waals surface area contributed by atoms with Gasteiger partial charge in [-0.25, -0.2) is 9.59 Å². The van der Waals surface area contributed by atoms with E-state index in [1.807, 2.05) is 30.3 Å². The van der Waals surface area contributed by atoms with Gasteiger partial charge in [-0.05, 0) is 42.1 Å². The van der Waals surface area contributed by atoms with E-state index in [2.05, 4.69) is 5.32 Å². The Kier molecular flexibility index (Phi) is 6.46. The van der Waals surface area contributed by atoms with E-state index < -0.39 is 23.9 Å². The Morgan fingerprint density at radius 3 is 2.26 bits per heavy atom. The van der Waals surface area contributed by atoms with Gasteiger partial charge in [0.05, 0.1) is 5.56 Å². The molecule has 35 heavy (non-hydrogen) atoms. The molecule has 3 aromatic carbocycles. The van der Waals surface area contributed by atoms with Gasteiger partial charge in [-0.15, -0.1) is 0 Å². The molecular formula is C27H22N2O6. The predicted molar refractivity (Wildman–Crippen MR) is 132 cm³/mol. The molecule has 0 aliphatic carbocycles. The largest absolute Gasteiger partial charge is 0.478 e. The zero-order valence-corrected chi connectivity index (χ0v) is 19.0. The van der Waals surface area contributed by atoms with Crippen molar-refractivity contribution < 1.29 is 24.2 Å². The molecule has 8 nitrogen and oxygen atoms in total. The van der Waals surface area contributed by atoms with Gasteiger partial charge in [-0.1, -0.05) is 54.6 Å². The Morgan fingerprint density at radius 1 is 0.914 bits per heavy atom. The molecule has 1 aromatic heterocycles. The van der Waals surface area contributed by atoms with Crippen molar-refractivity contribution in [2.24, 2.45) is 7.05 Å². The Hall–Kier alpha value is -4.72. The summed E-state index contributed by atoms with van der Waals surface area (Å²) in [6.07, 6.45) is -1.22. The molecule has 1 unspecified atom stereocenters.